The van der Waals surface area contributed by atoms with Crippen LogP contribution in [-0.2, 0) is 0 Å². The predicted octanol–water partition coefficient (Wildman–Crippen LogP) is 1.63. The van der Waals surface area contributed by atoms with Crippen molar-refractivity contribution in [2.45, 2.75) is 19.8 Å². The van der Waals surface area contributed by atoms with Gasteiger partial charge in [-0.05, 0) is 21.9 Å². The molecule has 0 aliphatic heterocycles. The van der Waals surface area contributed by atoms with Crippen molar-refractivity contribution in [1.82, 2.24) is 0 Å². The standard InChI is InChI=1S/C11H14/c1-8(2)11-6-5-9(3)10(4)7-11/h5-8H,3-4H2,1-2H3. The van der Waals surface area contributed by atoms with Crippen LogP contribution in [0, 0.1) is 0 Å². The van der Waals surface area contributed by atoms with Gasteiger partial charge >= 0.3 is 0 Å². The van der Waals surface area contributed by atoms with E-state index in [-0.39, 0.29) is 0 Å². The summed E-state index contributed by atoms with van der Waals surface area (Å²) in [5, 5.41) is 2.06. The summed E-state index contributed by atoms with van der Waals surface area (Å²) < 4.78 is 0. The largest absolute Gasteiger partial charge is 0.0912 e. The lowest BCUT2D eigenvalue weighted by molar-refractivity contribution is 0.865. The molecule has 0 atom stereocenters. The topological polar surface area (TPSA) is 0 Å². The van der Waals surface area contributed by atoms with E-state index >= 15 is 0 Å². The fourth-order valence-electron chi connectivity index (χ4n) is 1.00. The third-order valence-corrected chi connectivity index (χ3v) is 1.90. The van der Waals surface area contributed by atoms with E-state index in [0.717, 1.165) is 10.4 Å². The molecule has 0 saturated carbocycles. The molecular weight excluding hydrogens is 132 g/mol. The van der Waals surface area contributed by atoms with E-state index in [1.54, 1.807) is 0 Å². The molecule has 0 N–H and O–H groups in total. The quantitative estimate of drug-likeness (QED) is 0.565. The lowest BCUT2D eigenvalue weighted by Gasteiger charge is -2.03. The Labute approximate surface area is 67.9 Å². The molecule has 0 heterocycles. The lowest BCUT2D eigenvalue weighted by atomic mass is 10.0. The highest BCUT2D eigenvalue weighted by molar-refractivity contribution is 5.24. The number of benzene rings is 1. The number of rotatable bonds is 1. The van der Waals surface area contributed by atoms with Crippen molar-refractivity contribution in [1.29, 1.82) is 0 Å². The zero-order valence-electron chi connectivity index (χ0n) is 7.22. The SMILES string of the molecule is C=c1ccc(C(C)C)cc1=C. The normalized spacial score (nSPS) is 10.5. The first kappa shape index (κ1) is 8.06. The Bertz CT molecular complexity index is 334. The fraction of sp³-hybridized carbons (Fsp3) is 0.273. The van der Waals surface area contributed by atoms with Gasteiger partial charge in [-0.25, -0.2) is 0 Å². The molecule has 58 valence electrons. The molecule has 1 aromatic carbocycles. The van der Waals surface area contributed by atoms with E-state index in [9.17, 15) is 0 Å². The molecule has 0 fully saturated rings. The average Bonchev–Trinajstić information content (AvgIpc) is 1.94. The van der Waals surface area contributed by atoms with Crippen LogP contribution >= 0.6 is 0 Å². The summed E-state index contributed by atoms with van der Waals surface area (Å²) in [7, 11) is 0. The van der Waals surface area contributed by atoms with Gasteiger partial charge in [0.2, 0.25) is 0 Å². The van der Waals surface area contributed by atoms with Crippen LogP contribution < -0.4 is 10.4 Å². The maximum atomic E-state index is 3.90. The molecule has 0 aromatic heterocycles. The summed E-state index contributed by atoms with van der Waals surface area (Å²) >= 11 is 0. The summed E-state index contributed by atoms with van der Waals surface area (Å²) in [6, 6.07) is 6.24. The van der Waals surface area contributed by atoms with Gasteiger partial charge in [-0.1, -0.05) is 45.2 Å². The van der Waals surface area contributed by atoms with Gasteiger partial charge in [0.1, 0.15) is 0 Å². The molecule has 0 radical (unpaired) electrons. The van der Waals surface area contributed by atoms with E-state index in [0.29, 0.717) is 5.92 Å². The summed E-state index contributed by atoms with van der Waals surface area (Å²) in [4.78, 5) is 0. The molecule has 0 aliphatic carbocycles. The van der Waals surface area contributed by atoms with Crippen molar-refractivity contribution >= 4 is 13.2 Å². The highest BCUT2D eigenvalue weighted by Crippen LogP contribution is 2.09. The second-order valence-corrected chi connectivity index (χ2v) is 3.18. The first-order valence-electron chi connectivity index (χ1n) is 3.89. The molecular formula is C11H14. The van der Waals surface area contributed by atoms with E-state index in [4.69, 9.17) is 0 Å². The van der Waals surface area contributed by atoms with Crippen LogP contribution in [-0.4, -0.2) is 0 Å². The minimum Gasteiger partial charge on any atom is -0.0912 e. The van der Waals surface area contributed by atoms with Gasteiger partial charge in [0.05, 0.1) is 0 Å². The minimum atomic E-state index is 0.580. The highest BCUT2D eigenvalue weighted by Gasteiger charge is 1.95. The fourth-order valence-corrected chi connectivity index (χ4v) is 1.00. The molecule has 0 bridgehead atoms. The zero-order valence-corrected chi connectivity index (χ0v) is 7.22. The first-order valence-corrected chi connectivity index (χ1v) is 3.89. The molecule has 0 amide bonds. The first-order chi connectivity index (χ1) is 5.11. The van der Waals surface area contributed by atoms with Gasteiger partial charge < -0.3 is 0 Å². The van der Waals surface area contributed by atoms with E-state index in [1.807, 2.05) is 6.07 Å². The molecule has 0 saturated heterocycles. The molecule has 0 heteroatoms. The van der Waals surface area contributed by atoms with E-state index in [1.165, 1.54) is 5.56 Å². The van der Waals surface area contributed by atoms with Crippen molar-refractivity contribution < 1.29 is 0 Å². The van der Waals surface area contributed by atoms with Crippen LogP contribution in [0.25, 0.3) is 13.2 Å². The van der Waals surface area contributed by atoms with Gasteiger partial charge in [0, 0.05) is 0 Å². The van der Waals surface area contributed by atoms with Crippen LogP contribution in [0.1, 0.15) is 25.3 Å². The third-order valence-electron chi connectivity index (χ3n) is 1.90. The third kappa shape index (κ3) is 1.70. The molecule has 0 unspecified atom stereocenters. The van der Waals surface area contributed by atoms with Crippen molar-refractivity contribution in [3.05, 3.63) is 34.2 Å². The number of hydrogen-bond donors (Lipinski definition) is 0. The molecule has 11 heavy (non-hydrogen) atoms. The smallest absolute Gasteiger partial charge is 0.0219 e. The summed E-state index contributed by atoms with van der Waals surface area (Å²) in [5.41, 5.74) is 1.34. The van der Waals surface area contributed by atoms with Crippen molar-refractivity contribution in [2.75, 3.05) is 0 Å². The molecule has 0 spiro atoms. The van der Waals surface area contributed by atoms with Crippen molar-refractivity contribution in [3.63, 3.8) is 0 Å². The highest BCUT2D eigenvalue weighted by atomic mass is 14.0. The van der Waals surface area contributed by atoms with Crippen LogP contribution in [0.4, 0.5) is 0 Å². The lowest BCUT2D eigenvalue weighted by Crippen LogP contribution is -2.21. The molecule has 1 aromatic rings. The maximum Gasteiger partial charge on any atom is -0.0219 e. The molecule has 0 nitrogen and oxygen atoms in total. The monoisotopic (exact) mass is 146 g/mol. The number of hydrogen-bond acceptors (Lipinski definition) is 0. The summed E-state index contributed by atoms with van der Waals surface area (Å²) in [6.45, 7) is 12.1. The Balaban J connectivity index is 3.27. The zero-order chi connectivity index (χ0) is 8.43. The maximum absolute atomic E-state index is 3.90. The van der Waals surface area contributed by atoms with Gasteiger partial charge in [-0.2, -0.15) is 0 Å². The Morgan fingerprint density at radius 1 is 1.09 bits per heavy atom. The average molecular weight is 146 g/mol. The van der Waals surface area contributed by atoms with E-state index in [2.05, 4.69) is 39.1 Å². The van der Waals surface area contributed by atoms with Crippen molar-refractivity contribution in [3.8, 4) is 0 Å². The Morgan fingerprint density at radius 2 is 1.73 bits per heavy atom. The molecule has 0 aliphatic rings. The van der Waals surface area contributed by atoms with Crippen molar-refractivity contribution in [2.24, 2.45) is 0 Å². The van der Waals surface area contributed by atoms with Crippen LogP contribution in [0.2, 0.25) is 0 Å². The summed E-state index contributed by atoms with van der Waals surface area (Å²) in [5.74, 6) is 0.580. The molecule has 1 rings (SSSR count). The minimum absolute atomic E-state index is 0.580. The Kier molecular flexibility index (Phi) is 2.13. The van der Waals surface area contributed by atoms with E-state index < -0.39 is 0 Å². The predicted molar refractivity (Wildman–Crippen MR) is 50.8 cm³/mol. The Hall–Kier alpha value is -1.04. The van der Waals surface area contributed by atoms with Gasteiger partial charge in [0.25, 0.3) is 0 Å². The second kappa shape index (κ2) is 2.91. The van der Waals surface area contributed by atoms with Gasteiger partial charge in [-0.3, -0.25) is 0 Å². The van der Waals surface area contributed by atoms with Crippen LogP contribution in [0.5, 0.6) is 0 Å². The summed E-state index contributed by atoms with van der Waals surface area (Å²) in [6.07, 6.45) is 0. The second-order valence-electron chi connectivity index (χ2n) is 3.18. The van der Waals surface area contributed by atoms with Gasteiger partial charge in [-0.15, -0.1) is 0 Å². The van der Waals surface area contributed by atoms with Gasteiger partial charge in [0.15, 0.2) is 0 Å². The van der Waals surface area contributed by atoms with Crippen LogP contribution in [0.3, 0.4) is 0 Å². The Morgan fingerprint density at radius 3 is 2.18 bits per heavy atom. The van der Waals surface area contributed by atoms with Crippen LogP contribution in [0.15, 0.2) is 18.2 Å².